The third kappa shape index (κ3) is 3.54. The van der Waals surface area contributed by atoms with Gasteiger partial charge in [0.2, 0.25) is 0 Å². The number of allylic oxidation sites excluding steroid dienone is 1. The molecule has 4 heteroatoms. The van der Waals surface area contributed by atoms with Crippen molar-refractivity contribution in [2.45, 2.75) is 12.8 Å². The lowest BCUT2D eigenvalue weighted by atomic mass is 9.88. The number of hydrogen-bond donors (Lipinski definition) is 1. The molecule has 0 bridgehead atoms. The largest absolute Gasteiger partial charge is 0.481 e. The van der Waals surface area contributed by atoms with Crippen molar-refractivity contribution in [3.63, 3.8) is 0 Å². The van der Waals surface area contributed by atoms with Crippen molar-refractivity contribution >= 4 is 17.4 Å². The number of nitrogens with zero attached hydrogens (tertiary/aromatic N) is 1. The summed E-state index contributed by atoms with van der Waals surface area (Å²) in [5.74, 6) is -1.28. The molecule has 3 rings (SSSR count). The van der Waals surface area contributed by atoms with Gasteiger partial charge in [-0.05, 0) is 41.8 Å². The summed E-state index contributed by atoms with van der Waals surface area (Å²) in [6, 6.07) is 15.8. The van der Waals surface area contributed by atoms with Crippen LogP contribution < -0.4 is 0 Å². The normalized spacial score (nSPS) is 17.3. The highest BCUT2D eigenvalue weighted by molar-refractivity contribution is 6.07. The van der Waals surface area contributed by atoms with Gasteiger partial charge >= 0.3 is 5.97 Å². The van der Waals surface area contributed by atoms with Gasteiger partial charge in [0.25, 0.3) is 0 Å². The van der Waals surface area contributed by atoms with Crippen LogP contribution in [0.2, 0.25) is 0 Å². The molecule has 0 saturated carbocycles. The van der Waals surface area contributed by atoms with E-state index in [1.165, 1.54) is 12.1 Å². The van der Waals surface area contributed by atoms with E-state index in [0.29, 0.717) is 6.42 Å². The zero-order chi connectivity index (χ0) is 16.2. The highest BCUT2D eigenvalue weighted by atomic mass is 19.1. The topological polar surface area (TPSA) is 49.7 Å². The Bertz CT molecular complexity index is 764. The molecule has 1 aliphatic heterocycles. The summed E-state index contributed by atoms with van der Waals surface area (Å²) < 4.78 is 13.1. The summed E-state index contributed by atoms with van der Waals surface area (Å²) in [7, 11) is 0. The van der Waals surface area contributed by atoms with Gasteiger partial charge in [-0.25, -0.2) is 4.39 Å². The van der Waals surface area contributed by atoms with Crippen molar-refractivity contribution in [1.29, 1.82) is 0 Å². The molecule has 0 spiro atoms. The van der Waals surface area contributed by atoms with Gasteiger partial charge in [-0.2, -0.15) is 0 Å². The minimum atomic E-state index is -0.836. The van der Waals surface area contributed by atoms with Crippen molar-refractivity contribution in [3.8, 4) is 0 Å². The van der Waals surface area contributed by atoms with Crippen molar-refractivity contribution in [2.24, 2.45) is 10.9 Å². The minimum absolute atomic E-state index is 0.0426. The molecule has 1 unspecified atom stereocenters. The first kappa shape index (κ1) is 15.2. The van der Waals surface area contributed by atoms with Crippen LogP contribution in [-0.2, 0) is 4.79 Å². The van der Waals surface area contributed by atoms with Crippen LogP contribution in [0.5, 0.6) is 0 Å². The molecule has 2 aromatic carbocycles. The van der Waals surface area contributed by atoms with E-state index >= 15 is 0 Å². The van der Waals surface area contributed by atoms with Gasteiger partial charge < -0.3 is 5.11 Å². The molecule has 0 aromatic heterocycles. The number of aliphatic imine (C=N–C) groups is 1. The number of benzene rings is 2. The fourth-order valence-corrected chi connectivity index (χ4v) is 2.74. The summed E-state index contributed by atoms with van der Waals surface area (Å²) in [5.41, 5.74) is 3.28. The van der Waals surface area contributed by atoms with E-state index in [-0.39, 0.29) is 18.2 Å². The van der Waals surface area contributed by atoms with Crippen LogP contribution in [0, 0.1) is 11.7 Å². The van der Waals surface area contributed by atoms with E-state index in [2.05, 4.69) is 4.99 Å². The molecule has 2 aromatic rings. The summed E-state index contributed by atoms with van der Waals surface area (Å²) >= 11 is 0. The average molecular weight is 309 g/mol. The highest BCUT2D eigenvalue weighted by Crippen LogP contribution is 2.29. The summed E-state index contributed by atoms with van der Waals surface area (Å²) in [5, 5.41) is 9.13. The summed E-state index contributed by atoms with van der Waals surface area (Å²) in [4.78, 5) is 15.8. The molecule has 23 heavy (non-hydrogen) atoms. The Morgan fingerprint density at radius 3 is 2.43 bits per heavy atom. The molecule has 0 aliphatic carbocycles. The van der Waals surface area contributed by atoms with Gasteiger partial charge in [-0.1, -0.05) is 36.4 Å². The molecule has 3 nitrogen and oxygen atoms in total. The SMILES string of the molecule is O=C(O)CC1CC=C(c2ccc(F)cc2)N=C1c1ccccc1. The smallest absolute Gasteiger partial charge is 0.304 e. The third-order valence-electron chi connectivity index (χ3n) is 3.85. The Morgan fingerprint density at radius 2 is 1.78 bits per heavy atom. The third-order valence-corrected chi connectivity index (χ3v) is 3.85. The van der Waals surface area contributed by atoms with Crippen LogP contribution in [0.15, 0.2) is 65.7 Å². The van der Waals surface area contributed by atoms with E-state index in [4.69, 9.17) is 5.11 Å². The van der Waals surface area contributed by atoms with Crippen LogP contribution in [0.4, 0.5) is 4.39 Å². The first-order chi connectivity index (χ1) is 11.1. The number of carboxylic acids is 1. The van der Waals surface area contributed by atoms with Crippen LogP contribution in [0.1, 0.15) is 24.0 Å². The van der Waals surface area contributed by atoms with Crippen molar-refractivity contribution < 1.29 is 14.3 Å². The zero-order valence-corrected chi connectivity index (χ0v) is 12.4. The quantitative estimate of drug-likeness (QED) is 0.922. The number of rotatable bonds is 4. The maximum atomic E-state index is 13.1. The Labute approximate surface area is 133 Å². The molecule has 0 amide bonds. The van der Waals surface area contributed by atoms with Gasteiger partial charge in [-0.15, -0.1) is 0 Å². The monoisotopic (exact) mass is 309 g/mol. The predicted octanol–water partition coefficient (Wildman–Crippen LogP) is 4.15. The lowest BCUT2D eigenvalue weighted by molar-refractivity contribution is -0.137. The van der Waals surface area contributed by atoms with E-state index in [1.807, 2.05) is 36.4 Å². The van der Waals surface area contributed by atoms with Crippen LogP contribution in [0.3, 0.4) is 0 Å². The Balaban J connectivity index is 1.98. The van der Waals surface area contributed by atoms with Crippen LogP contribution in [-0.4, -0.2) is 16.8 Å². The molecule has 0 radical (unpaired) electrons. The molecule has 1 heterocycles. The lowest BCUT2D eigenvalue weighted by Gasteiger charge is -2.22. The predicted molar refractivity (Wildman–Crippen MR) is 87.7 cm³/mol. The second-order valence-electron chi connectivity index (χ2n) is 5.49. The molecule has 1 aliphatic rings. The van der Waals surface area contributed by atoms with Crippen molar-refractivity contribution in [1.82, 2.24) is 0 Å². The van der Waals surface area contributed by atoms with E-state index in [1.54, 1.807) is 12.1 Å². The van der Waals surface area contributed by atoms with Gasteiger partial charge in [0, 0.05) is 5.92 Å². The first-order valence-corrected chi connectivity index (χ1v) is 7.45. The molecular weight excluding hydrogens is 293 g/mol. The van der Waals surface area contributed by atoms with Crippen LogP contribution >= 0.6 is 0 Å². The Hall–Kier alpha value is -2.75. The average Bonchev–Trinajstić information content (AvgIpc) is 2.56. The maximum absolute atomic E-state index is 13.1. The van der Waals surface area contributed by atoms with Crippen LogP contribution in [0.25, 0.3) is 5.70 Å². The maximum Gasteiger partial charge on any atom is 0.304 e. The number of hydrogen-bond acceptors (Lipinski definition) is 2. The summed E-state index contributed by atoms with van der Waals surface area (Å²) in [6.07, 6.45) is 2.57. The van der Waals surface area contributed by atoms with Crippen molar-refractivity contribution in [3.05, 3.63) is 77.6 Å². The number of carbonyl (C=O) groups is 1. The number of aliphatic carboxylic acids is 1. The van der Waals surface area contributed by atoms with E-state index in [9.17, 15) is 9.18 Å². The lowest BCUT2D eigenvalue weighted by Crippen LogP contribution is -2.21. The first-order valence-electron chi connectivity index (χ1n) is 7.45. The molecule has 0 fully saturated rings. The standard InChI is InChI=1S/C19H16FNO2/c20-16-9-6-13(7-10-16)17-11-8-15(12-18(22)23)19(21-17)14-4-2-1-3-5-14/h1-7,9-11,15H,8,12H2,(H,22,23). The fraction of sp³-hybridized carbons (Fsp3) is 0.158. The second-order valence-corrected chi connectivity index (χ2v) is 5.49. The van der Waals surface area contributed by atoms with Gasteiger partial charge in [0.15, 0.2) is 0 Å². The minimum Gasteiger partial charge on any atom is -0.481 e. The number of carboxylic acid groups (broad SMARTS) is 1. The van der Waals surface area contributed by atoms with Crippen molar-refractivity contribution in [2.75, 3.05) is 0 Å². The van der Waals surface area contributed by atoms with Gasteiger partial charge in [0.1, 0.15) is 5.82 Å². The zero-order valence-electron chi connectivity index (χ0n) is 12.4. The molecule has 0 saturated heterocycles. The van der Waals surface area contributed by atoms with Gasteiger partial charge in [-0.3, -0.25) is 9.79 Å². The Morgan fingerprint density at radius 1 is 1.09 bits per heavy atom. The fourth-order valence-electron chi connectivity index (χ4n) is 2.74. The van der Waals surface area contributed by atoms with E-state index < -0.39 is 5.97 Å². The summed E-state index contributed by atoms with van der Waals surface area (Å²) in [6.45, 7) is 0. The molecule has 116 valence electrons. The molecule has 1 atom stereocenters. The molecular formula is C19H16FNO2. The highest BCUT2D eigenvalue weighted by Gasteiger charge is 2.24. The Kier molecular flexibility index (Phi) is 4.33. The van der Waals surface area contributed by atoms with Gasteiger partial charge in [0.05, 0.1) is 17.8 Å². The number of halogens is 1. The second kappa shape index (κ2) is 6.57. The van der Waals surface area contributed by atoms with E-state index in [0.717, 1.165) is 22.5 Å². The molecule has 1 N–H and O–H groups in total.